The fourth-order valence-corrected chi connectivity index (χ4v) is 1.72. The molecule has 13 heavy (non-hydrogen) atoms. The Morgan fingerprint density at radius 3 is 2.92 bits per heavy atom. The van der Waals surface area contributed by atoms with Gasteiger partial charge in [0.15, 0.2) is 0 Å². The van der Waals surface area contributed by atoms with E-state index in [1.165, 1.54) is 0 Å². The quantitative estimate of drug-likeness (QED) is 0.760. The second kappa shape index (κ2) is 3.05. The molecule has 2 nitrogen and oxygen atoms in total. The van der Waals surface area contributed by atoms with Crippen LogP contribution in [0.25, 0.3) is 11.0 Å². The van der Waals surface area contributed by atoms with E-state index in [1.807, 2.05) is 19.1 Å². The number of halogens is 1. The molecule has 0 amide bonds. The van der Waals surface area contributed by atoms with Gasteiger partial charge in [0, 0.05) is 17.5 Å². The minimum Gasteiger partial charge on any atom is -0.464 e. The van der Waals surface area contributed by atoms with Gasteiger partial charge in [0.05, 0.1) is 11.3 Å². The Balaban J connectivity index is 2.87. The first kappa shape index (κ1) is 8.60. The van der Waals surface area contributed by atoms with Crippen molar-refractivity contribution in [3.63, 3.8) is 0 Å². The van der Waals surface area contributed by atoms with Crippen LogP contribution in [0.2, 0.25) is 5.02 Å². The van der Waals surface area contributed by atoms with E-state index in [9.17, 15) is 0 Å². The summed E-state index contributed by atoms with van der Waals surface area (Å²) in [7, 11) is 0. The van der Waals surface area contributed by atoms with Crippen molar-refractivity contribution < 1.29 is 4.42 Å². The lowest BCUT2D eigenvalue weighted by atomic mass is 10.1. The fraction of sp³-hybridized carbons (Fsp3) is 0.200. The number of aryl methyl sites for hydroxylation is 1. The van der Waals surface area contributed by atoms with E-state index in [4.69, 9.17) is 21.8 Å². The summed E-state index contributed by atoms with van der Waals surface area (Å²) < 4.78 is 5.39. The lowest BCUT2D eigenvalue weighted by molar-refractivity contribution is 0.608. The standard InChI is InChI=1S/C10H10ClNO/c1-6-2-3-8(11)9-7(4-12)5-13-10(6)9/h2-3,5H,4,12H2,1H3. The van der Waals surface area contributed by atoms with Gasteiger partial charge in [0.2, 0.25) is 0 Å². The van der Waals surface area contributed by atoms with Gasteiger partial charge in [-0.25, -0.2) is 0 Å². The average Bonchev–Trinajstić information content (AvgIpc) is 2.56. The summed E-state index contributed by atoms with van der Waals surface area (Å²) in [4.78, 5) is 0. The molecule has 1 aromatic heterocycles. The molecule has 2 aromatic rings. The molecule has 0 fully saturated rings. The molecule has 0 unspecified atom stereocenters. The summed E-state index contributed by atoms with van der Waals surface area (Å²) in [5.41, 5.74) is 8.45. The van der Waals surface area contributed by atoms with E-state index in [2.05, 4.69) is 0 Å². The van der Waals surface area contributed by atoms with Crippen LogP contribution in [0.15, 0.2) is 22.8 Å². The minimum absolute atomic E-state index is 0.455. The molecule has 1 heterocycles. The average molecular weight is 196 g/mol. The van der Waals surface area contributed by atoms with Crippen LogP contribution < -0.4 is 5.73 Å². The Morgan fingerprint density at radius 1 is 1.46 bits per heavy atom. The van der Waals surface area contributed by atoms with Gasteiger partial charge < -0.3 is 10.2 Å². The third kappa shape index (κ3) is 1.23. The Morgan fingerprint density at radius 2 is 2.23 bits per heavy atom. The summed E-state index contributed by atoms with van der Waals surface area (Å²) in [6.45, 7) is 2.44. The molecule has 3 heteroatoms. The van der Waals surface area contributed by atoms with Gasteiger partial charge in [-0.15, -0.1) is 0 Å². The highest BCUT2D eigenvalue weighted by atomic mass is 35.5. The highest BCUT2D eigenvalue weighted by Gasteiger charge is 2.09. The van der Waals surface area contributed by atoms with Crippen LogP contribution in [-0.4, -0.2) is 0 Å². The molecule has 68 valence electrons. The monoisotopic (exact) mass is 195 g/mol. The van der Waals surface area contributed by atoms with Gasteiger partial charge >= 0.3 is 0 Å². The molecule has 2 N–H and O–H groups in total. The highest BCUT2D eigenvalue weighted by Crippen LogP contribution is 2.30. The van der Waals surface area contributed by atoms with Crippen molar-refractivity contribution in [3.05, 3.63) is 34.5 Å². The van der Waals surface area contributed by atoms with E-state index < -0.39 is 0 Å². The molecule has 2 rings (SSSR count). The Kier molecular flexibility index (Phi) is 2.02. The van der Waals surface area contributed by atoms with Crippen LogP contribution in [0, 0.1) is 6.92 Å². The predicted molar refractivity (Wildman–Crippen MR) is 53.9 cm³/mol. The second-order valence-electron chi connectivity index (χ2n) is 3.03. The number of hydrogen-bond donors (Lipinski definition) is 1. The van der Waals surface area contributed by atoms with Gasteiger partial charge in [-0.3, -0.25) is 0 Å². The van der Waals surface area contributed by atoms with Gasteiger partial charge in [-0.05, 0) is 18.6 Å². The number of hydrogen-bond acceptors (Lipinski definition) is 2. The lowest BCUT2D eigenvalue weighted by Gasteiger charge is -1.98. The molecule has 0 aliphatic heterocycles. The number of benzene rings is 1. The van der Waals surface area contributed by atoms with E-state index in [-0.39, 0.29) is 0 Å². The van der Waals surface area contributed by atoms with E-state index in [1.54, 1.807) is 6.26 Å². The SMILES string of the molecule is Cc1ccc(Cl)c2c(CN)coc12. The van der Waals surface area contributed by atoms with Gasteiger partial charge in [-0.1, -0.05) is 17.7 Å². The van der Waals surface area contributed by atoms with Crippen molar-refractivity contribution in [2.45, 2.75) is 13.5 Å². The summed E-state index contributed by atoms with van der Waals surface area (Å²) in [5.74, 6) is 0. The minimum atomic E-state index is 0.455. The van der Waals surface area contributed by atoms with E-state index in [0.717, 1.165) is 22.1 Å². The zero-order chi connectivity index (χ0) is 9.42. The second-order valence-corrected chi connectivity index (χ2v) is 3.44. The summed E-state index contributed by atoms with van der Waals surface area (Å²) in [6, 6.07) is 3.81. The molecular formula is C10H10ClNO. The topological polar surface area (TPSA) is 39.2 Å². The first-order valence-electron chi connectivity index (χ1n) is 4.09. The van der Waals surface area contributed by atoms with Crippen LogP contribution in [0.4, 0.5) is 0 Å². The molecule has 0 bridgehead atoms. The summed E-state index contributed by atoms with van der Waals surface area (Å²) in [5, 5.41) is 1.65. The Labute approximate surface area is 81.3 Å². The first-order chi connectivity index (χ1) is 6.24. The van der Waals surface area contributed by atoms with Crippen molar-refractivity contribution >= 4 is 22.6 Å². The third-order valence-electron chi connectivity index (χ3n) is 2.16. The Hall–Kier alpha value is -0.990. The van der Waals surface area contributed by atoms with E-state index in [0.29, 0.717) is 11.6 Å². The van der Waals surface area contributed by atoms with Crippen LogP contribution >= 0.6 is 11.6 Å². The molecule has 0 atom stereocenters. The number of fused-ring (bicyclic) bond motifs is 1. The molecule has 1 aromatic carbocycles. The first-order valence-corrected chi connectivity index (χ1v) is 4.47. The van der Waals surface area contributed by atoms with Crippen molar-refractivity contribution in [2.24, 2.45) is 5.73 Å². The van der Waals surface area contributed by atoms with Crippen LogP contribution in [0.5, 0.6) is 0 Å². The third-order valence-corrected chi connectivity index (χ3v) is 2.48. The zero-order valence-corrected chi connectivity index (χ0v) is 8.06. The number of furan rings is 1. The maximum Gasteiger partial charge on any atom is 0.138 e. The fourth-order valence-electron chi connectivity index (χ4n) is 1.45. The lowest BCUT2D eigenvalue weighted by Crippen LogP contribution is -1.94. The van der Waals surface area contributed by atoms with Gasteiger partial charge in [0.1, 0.15) is 5.58 Å². The largest absolute Gasteiger partial charge is 0.464 e. The normalized spacial score (nSPS) is 11.0. The molecule has 0 aliphatic carbocycles. The summed E-state index contributed by atoms with van der Waals surface area (Å²) >= 11 is 6.04. The van der Waals surface area contributed by atoms with Crippen LogP contribution in [-0.2, 0) is 6.54 Å². The maximum absolute atomic E-state index is 6.04. The van der Waals surface area contributed by atoms with Crippen molar-refractivity contribution in [1.82, 2.24) is 0 Å². The van der Waals surface area contributed by atoms with Crippen molar-refractivity contribution in [1.29, 1.82) is 0 Å². The smallest absolute Gasteiger partial charge is 0.138 e. The maximum atomic E-state index is 6.04. The number of rotatable bonds is 1. The zero-order valence-electron chi connectivity index (χ0n) is 7.30. The predicted octanol–water partition coefficient (Wildman–Crippen LogP) is 2.85. The molecule has 0 spiro atoms. The van der Waals surface area contributed by atoms with Gasteiger partial charge in [-0.2, -0.15) is 0 Å². The van der Waals surface area contributed by atoms with Crippen molar-refractivity contribution in [3.8, 4) is 0 Å². The molecule has 0 saturated heterocycles. The molecule has 0 radical (unpaired) electrons. The van der Waals surface area contributed by atoms with Crippen LogP contribution in [0.1, 0.15) is 11.1 Å². The highest BCUT2D eigenvalue weighted by molar-refractivity contribution is 6.35. The van der Waals surface area contributed by atoms with E-state index >= 15 is 0 Å². The van der Waals surface area contributed by atoms with Crippen molar-refractivity contribution in [2.75, 3.05) is 0 Å². The Bertz CT molecular complexity index is 447. The number of nitrogens with two attached hydrogens (primary N) is 1. The summed E-state index contributed by atoms with van der Waals surface area (Å²) in [6.07, 6.45) is 1.67. The molecular weight excluding hydrogens is 186 g/mol. The molecule has 0 aliphatic rings. The molecule has 0 saturated carbocycles. The van der Waals surface area contributed by atoms with Crippen LogP contribution in [0.3, 0.4) is 0 Å². The van der Waals surface area contributed by atoms with Gasteiger partial charge in [0.25, 0.3) is 0 Å².